The van der Waals surface area contributed by atoms with E-state index < -0.39 is 0 Å². The van der Waals surface area contributed by atoms with Gasteiger partial charge in [-0.2, -0.15) is 0 Å². The molecule has 1 amide bonds. The summed E-state index contributed by atoms with van der Waals surface area (Å²) >= 11 is 0. The number of anilines is 1. The van der Waals surface area contributed by atoms with Crippen molar-refractivity contribution in [2.45, 2.75) is 31.0 Å². The van der Waals surface area contributed by atoms with E-state index in [1.807, 2.05) is 49.3 Å². The van der Waals surface area contributed by atoms with E-state index in [0.29, 0.717) is 6.54 Å². The van der Waals surface area contributed by atoms with Crippen LogP contribution in [0.3, 0.4) is 0 Å². The number of hydrogen-bond donors (Lipinski definition) is 1. The van der Waals surface area contributed by atoms with Crippen LogP contribution in [0, 0.1) is 0 Å². The zero-order chi connectivity index (χ0) is 19.7. The zero-order valence-electron chi connectivity index (χ0n) is 16.7. The third-order valence-electron chi connectivity index (χ3n) is 6.22. The quantitative estimate of drug-likeness (QED) is 0.866. The fourth-order valence-corrected chi connectivity index (χ4v) is 4.53. The molecule has 1 saturated heterocycles. The van der Waals surface area contributed by atoms with Crippen LogP contribution in [0.2, 0.25) is 0 Å². The Kier molecular flexibility index (Phi) is 5.38. The Morgan fingerprint density at radius 2 is 1.89 bits per heavy atom. The summed E-state index contributed by atoms with van der Waals surface area (Å²) in [6.07, 6.45) is 1.30. The number of carbonyl (C=O) groups is 1. The van der Waals surface area contributed by atoms with Gasteiger partial charge >= 0.3 is 0 Å². The highest BCUT2D eigenvalue weighted by atomic mass is 16.3. The number of aliphatic hydroxyl groups excluding tert-OH is 1. The molecule has 1 fully saturated rings. The predicted octanol–water partition coefficient (Wildman–Crippen LogP) is 2.31. The van der Waals surface area contributed by atoms with Crippen LogP contribution in [0.15, 0.2) is 54.6 Å². The molecular weight excluding hydrogens is 350 g/mol. The number of aliphatic hydroxyl groups is 1. The lowest BCUT2D eigenvalue weighted by atomic mass is 10.0. The lowest BCUT2D eigenvalue weighted by Crippen LogP contribution is -2.48. The lowest BCUT2D eigenvalue weighted by molar-refractivity contribution is -0.133. The minimum absolute atomic E-state index is 0.0314. The van der Waals surface area contributed by atoms with Crippen LogP contribution in [-0.2, 0) is 11.2 Å². The van der Waals surface area contributed by atoms with Gasteiger partial charge in [0.15, 0.2) is 0 Å². The molecule has 0 saturated carbocycles. The molecule has 0 aliphatic carbocycles. The molecule has 5 nitrogen and oxygen atoms in total. The summed E-state index contributed by atoms with van der Waals surface area (Å²) in [4.78, 5) is 19.8. The van der Waals surface area contributed by atoms with Crippen LogP contribution >= 0.6 is 0 Å². The van der Waals surface area contributed by atoms with Gasteiger partial charge in [0, 0.05) is 45.8 Å². The summed E-state index contributed by atoms with van der Waals surface area (Å²) < 4.78 is 0. The summed E-state index contributed by atoms with van der Waals surface area (Å²) in [5, 5.41) is 9.91. The van der Waals surface area contributed by atoms with Crippen LogP contribution in [0.4, 0.5) is 5.69 Å². The maximum Gasteiger partial charge on any atom is 0.245 e. The molecular formula is C23H29N3O2. The number of likely N-dealkylation sites (N-methyl/N-ethyl adjacent to an activating group) is 2. The summed E-state index contributed by atoms with van der Waals surface area (Å²) in [5.74, 6) is 0.146. The smallest absolute Gasteiger partial charge is 0.245 e. The van der Waals surface area contributed by atoms with Gasteiger partial charge < -0.3 is 14.9 Å². The van der Waals surface area contributed by atoms with Crippen LogP contribution in [0.1, 0.15) is 23.6 Å². The van der Waals surface area contributed by atoms with E-state index in [9.17, 15) is 9.90 Å². The van der Waals surface area contributed by atoms with E-state index in [0.717, 1.165) is 37.2 Å². The number of para-hydroxylation sites is 1. The molecule has 2 aromatic rings. The number of rotatable bonds is 5. The number of likely N-dealkylation sites (tertiary alicyclic amines) is 1. The molecule has 4 rings (SSSR count). The number of hydrogen-bond acceptors (Lipinski definition) is 4. The molecule has 5 heteroatoms. The van der Waals surface area contributed by atoms with Crippen LogP contribution in [-0.4, -0.2) is 66.7 Å². The van der Waals surface area contributed by atoms with Crippen molar-refractivity contribution in [1.29, 1.82) is 0 Å². The first-order valence-corrected chi connectivity index (χ1v) is 10.1. The lowest BCUT2D eigenvalue weighted by Gasteiger charge is -2.35. The van der Waals surface area contributed by atoms with E-state index >= 15 is 0 Å². The average molecular weight is 380 g/mol. The number of β-amino-alcohol motifs (C(OH)–C–C–N with tert-alkyl or cyclic N) is 1. The van der Waals surface area contributed by atoms with E-state index in [4.69, 9.17) is 0 Å². The van der Waals surface area contributed by atoms with Crippen molar-refractivity contribution in [1.82, 2.24) is 9.80 Å². The van der Waals surface area contributed by atoms with Gasteiger partial charge in [0.05, 0.1) is 12.1 Å². The van der Waals surface area contributed by atoms with Crippen molar-refractivity contribution in [3.63, 3.8) is 0 Å². The summed E-state index contributed by atoms with van der Waals surface area (Å²) in [6.45, 7) is 2.30. The van der Waals surface area contributed by atoms with Gasteiger partial charge in [-0.3, -0.25) is 9.69 Å². The largest absolute Gasteiger partial charge is 0.392 e. The second-order valence-electron chi connectivity index (χ2n) is 8.04. The van der Waals surface area contributed by atoms with Crippen molar-refractivity contribution in [3.05, 3.63) is 65.7 Å². The average Bonchev–Trinajstić information content (AvgIpc) is 3.29. The molecule has 2 aliphatic heterocycles. The molecule has 0 bridgehead atoms. The van der Waals surface area contributed by atoms with E-state index in [-0.39, 0.29) is 24.1 Å². The second kappa shape index (κ2) is 7.94. The molecule has 0 aromatic heterocycles. The van der Waals surface area contributed by atoms with Gasteiger partial charge in [0.25, 0.3) is 0 Å². The molecule has 2 aliphatic rings. The Labute approximate surface area is 167 Å². The number of carbonyl (C=O) groups excluding carboxylic acids is 1. The van der Waals surface area contributed by atoms with Crippen molar-refractivity contribution in [2.75, 3.05) is 38.6 Å². The normalized spacial score (nSPS) is 22.9. The Morgan fingerprint density at radius 1 is 1.18 bits per heavy atom. The van der Waals surface area contributed by atoms with Crippen LogP contribution in [0.25, 0.3) is 0 Å². The monoisotopic (exact) mass is 379 g/mol. The van der Waals surface area contributed by atoms with Crippen molar-refractivity contribution >= 4 is 11.6 Å². The molecule has 3 unspecified atom stereocenters. The maximum absolute atomic E-state index is 13.5. The highest BCUT2D eigenvalue weighted by Crippen LogP contribution is 2.33. The summed E-state index contributed by atoms with van der Waals surface area (Å²) in [6, 6.07) is 18.3. The SMILES string of the molecule is CN(C(=O)C1Cc2ccccc2N1C)C(CN1CCC(O)C1)c1ccccc1. The van der Waals surface area contributed by atoms with Crippen molar-refractivity contribution in [3.8, 4) is 0 Å². The van der Waals surface area contributed by atoms with Gasteiger partial charge in [-0.05, 0) is 23.6 Å². The fourth-order valence-electron chi connectivity index (χ4n) is 4.53. The highest BCUT2D eigenvalue weighted by molar-refractivity contribution is 5.88. The molecule has 28 heavy (non-hydrogen) atoms. The predicted molar refractivity (Wildman–Crippen MR) is 111 cm³/mol. The minimum Gasteiger partial charge on any atom is -0.392 e. The third-order valence-corrected chi connectivity index (χ3v) is 6.22. The molecule has 2 heterocycles. The molecule has 148 valence electrons. The second-order valence-corrected chi connectivity index (χ2v) is 8.04. The van der Waals surface area contributed by atoms with Crippen LogP contribution in [0.5, 0.6) is 0 Å². The van der Waals surface area contributed by atoms with Crippen molar-refractivity contribution in [2.24, 2.45) is 0 Å². The van der Waals surface area contributed by atoms with Gasteiger partial charge in [-0.1, -0.05) is 48.5 Å². The van der Waals surface area contributed by atoms with Gasteiger partial charge in [0.1, 0.15) is 6.04 Å². The Morgan fingerprint density at radius 3 is 2.57 bits per heavy atom. The molecule has 0 radical (unpaired) electrons. The number of amides is 1. The first-order chi connectivity index (χ1) is 13.5. The molecule has 3 atom stereocenters. The highest BCUT2D eigenvalue weighted by Gasteiger charge is 2.36. The maximum atomic E-state index is 13.5. The molecule has 1 N–H and O–H groups in total. The number of fused-ring (bicyclic) bond motifs is 1. The summed E-state index contributed by atoms with van der Waals surface area (Å²) in [5.41, 5.74) is 3.52. The Bertz CT molecular complexity index is 826. The number of nitrogens with zero attached hydrogens (tertiary/aromatic N) is 3. The fraction of sp³-hybridized carbons (Fsp3) is 0.435. The molecule has 2 aromatic carbocycles. The first kappa shape index (κ1) is 19.0. The summed E-state index contributed by atoms with van der Waals surface area (Å²) in [7, 11) is 3.93. The standard InChI is InChI=1S/C23H29N3O2/c1-24-20-11-7-6-10-18(20)14-21(24)23(28)25(2)22(17-8-4-3-5-9-17)16-26-13-12-19(27)15-26/h3-11,19,21-22,27H,12-16H2,1-2H3. The molecule has 0 spiro atoms. The van der Waals surface area contributed by atoms with Gasteiger partial charge in [0.2, 0.25) is 5.91 Å². The first-order valence-electron chi connectivity index (χ1n) is 10.1. The van der Waals surface area contributed by atoms with Crippen molar-refractivity contribution < 1.29 is 9.90 Å². The van der Waals surface area contributed by atoms with E-state index in [1.54, 1.807) is 0 Å². The topological polar surface area (TPSA) is 47.0 Å². The van der Waals surface area contributed by atoms with Gasteiger partial charge in [-0.25, -0.2) is 0 Å². The van der Waals surface area contributed by atoms with Gasteiger partial charge in [-0.15, -0.1) is 0 Å². The van der Waals surface area contributed by atoms with E-state index in [2.05, 4.69) is 34.1 Å². The number of benzene rings is 2. The minimum atomic E-state index is -0.257. The van der Waals surface area contributed by atoms with Crippen LogP contribution < -0.4 is 4.90 Å². The zero-order valence-corrected chi connectivity index (χ0v) is 16.7. The Hall–Kier alpha value is -2.37. The van der Waals surface area contributed by atoms with E-state index in [1.165, 1.54) is 5.56 Å². The Balaban J connectivity index is 1.55. The third kappa shape index (κ3) is 3.64.